The Morgan fingerprint density at radius 3 is 2.83 bits per heavy atom. The molecule has 0 fully saturated rings. The second-order valence-corrected chi connectivity index (χ2v) is 7.97. The van der Waals surface area contributed by atoms with Crippen LogP contribution in [0.15, 0.2) is 24.3 Å². The van der Waals surface area contributed by atoms with Gasteiger partial charge in [0.05, 0.1) is 8.67 Å². The molecule has 1 aromatic heterocycles. The van der Waals surface area contributed by atoms with Crippen molar-refractivity contribution in [1.29, 1.82) is 0 Å². The van der Waals surface area contributed by atoms with Gasteiger partial charge in [-0.2, -0.15) is 0 Å². The first-order valence-corrected chi connectivity index (χ1v) is 9.21. The maximum atomic E-state index is 12.0. The third-order valence-electron chi connectivity index (χ3n) is 3.97. The lowest BCUT2D eigenvalue weighted by Gasteiger charge is -2.07. The highest BCUT2D eigenvalue weighted by Gasteiger charge is 2.11. The zero-order valence-corrected chi connectivity index (χ0v) is 15.0. The molecule has 1 aromatic carbocycles. The van der Waals surface area contributed by atoms with Crippen LogP contribution < -0.4 is 10.6 Å². The second kappa shape index (κ2) is 7.67. The predicted octanol–water partition coefficient (Wildman–Crippen LogP) is 4.30. The van der Waals surface area contributed by atoms with Crippen LogP contribution in [-0.4, -0.2) is 5.91 Å². The van der Waals surface area contributed by atoms with Crippen molar-refractivity contribution in [3.63, 3.8) is 0 Å². The molecule has 23 heavy (non-hydrogen) atoms. The molecule has 2 aromatic rings. The Hall–Kier alpha value is -1.07. The van der Waals surface area contributed by atoms with Crippen molar-refractivity contribution in [2.75, 3.05) is 0 Å². The van der Waals surface area contributed by atoms with Crippen LogP contribution in [0.25, 0.3) is 0 Å². The maximum absolute atomic E-state index is 12.0. The van der Waals surface area contributed by atoms with E-state index < -0.39 is 0 Å². The highest BCUT2D eigenvalue weighted by molar-refractivity contribution is 7.20. The summed E-state index contributed by atoms with van der Waals surface area (Å²) in [5, 5.41) is 6.30. The van der Waals surface area contributed by atoms with E-state index in [-0.39, 0.29) is 5.91 Å². The number of nitrogens with one attached hydrogen (secondary N) is 2. The topological polar surface area (TPSA) is 41.1 Å². The largest absolute Gasteiger partial charge is 0.352 e. The molecule has 0 unspecified atom stereocenters. The Labute approximate surface area is 150 Å². The Morgan fingerprint density at radius 2 is 2.04 bits per heavy atom. The van der Waals surface area contributed by atoms with Crippen LogP contribution in [0.5, 0.6) is 0 Å². The first-order chi connectivity index (χ1) is 11.1. The first kappa shape index (κ1) is 16.8. The number of thiophene rings is 1. The summed E-state index contributed by atoms with van der Waals surface area (Å²) in [6.07, 6.45) is 2.04. The normalized spacial score (nSPS) is 13.1. The van der Waals surface area contributed by atoms with E-state index in [0.29, 0.717) is 17.3 Å². The highest BCUT2D eigenvalue weighted by Crippen LogP contribution is 2.32. The number of fused-ring (bicyclic) bond motifs is 1. The smallest absolute Gasteiger partial charge is 0.220 e. The lowest BCUT2D eigenvalue weighted by Crippen LogP contribution is -2.22. The van der Waals surface area contributed by atoms with Crippen molar-refractivity contribution in [3.8, 4) is 0 Å². The lowest BCUT2D eigenvalue weighted by atomic mass is 10.1. The SMILES string of the molecule is O=C(CCCc1cc(Cl)sc1Cl)NCc1ccc2c(c1)CNC2. The molecule has 0 saturated carbocycles. The van der Waals surface area contributed by atoms with Crippen LogP contribution in [0.2, 0.25) is 8.67 Å². The Balaban J connectivity index is 1.42. The van der Waals surface area contributed by atoms with E-state index in [1.807, 2.05) is 6.07 Å². The summed E-state index contributed by atoms with van der Waals surface area (Å²) < 4.78 is 1.42. The van der Waals surface area contributed by atoms with Gasteiger partial charge in [0.1, 0.15) is 0 Å². The van der Waals surface area contributed by atoms with E-state index in [9.17, 15) is 4.79 Å². The molecule has 2 heterocycles. The third kappa shape index (κ3) is 4.48. The number of hydrogen-bond donors (Lipinski definition) is 2. The molecule has 122 valence electrons. The van der Waals surface area contributed by atoms with Crippen molar-refractivity contribution >= 4 is 40.4 Å². The van der Waals surface area contributed by atoms with E-state index in [4.69, 9.17) is 23.2 Å². The molecule has 0 bridgehead atoms. The van der Waals surface area contributed by atoms with Crippen LogP contribution in [0, 0.1) is 0 Å². The fourth-order valence-electron chi connectivity index (χ4n) is 2.73. The highest BCUT2D eigenvalue weighted by atomic mass is 35.5. The average molecular weight is 369 g/mol. The average Bonchev–Trinajstić information content (AvgIpc) is 3.11. The molecule has 1 aliphatic heterocycles. The molecule has 0 radical (unpaired) electrons. The van der Waals surface area contributed by atoms with E-state index in [2.05, 4.69) is 28.8 Å². The molecular weight excluding hydrogens is 351 g/mol. The van der Waals surface area contributed by atoms with Gasteiger partial charge in [-0.3, -0.25) is 4.79 Å². The van der Waals surface area contributed by atoms with Gasteiger partial charge < -0.3 is 10.6 Å². The minimum atomic E-state index is 0.0704. The number of halogens is 2. The summed E-state index contributed by atoms with van der Waals surface area (Å²) in [7, 11) is 0. The van der Waals surface area contributed by atoms with Crippen molar-refractivity contribution in [2.24, 2.45) is 0 Å². The molecule has 0 saturated heterocycles. The van der Waals surface area contributed by atoms with Gasteiger partial charge in [0.2, 0.25) is 5.91 Å². The van der Waals surface area contributed by atoms with Gasteiger partial charge in [-0.15, -0.1) is 11.3 Å². The quantitative estimate of drug-likeness (QED) is 0.797. The second-order valence-electron chi connectivity index (χ2n) is 5.69. The van der Waals surface area contributed by atoms with E-state index in [1.165, 1.54) is 22.5 Å². The summed E-state index contributed by atoms with van der Waals surface area (Å²) in [6.45, 7) is 2.44. The van der Waals surface area contributed by atoms with Gasteiger partial charge in [-0.1, -0.05) is 41.4 Å². The Kier molecular flexibility index (Phi) is 5.59. The van der Waals surface area contributed by atoms with Gasteiger partial charge in [0, 0.05) is 26.1 Å². The van der Waals surface area contributed by atoms with Crippen molar-refractivity contribution in [1.82, 2.24) is 10.6 Å². The first-order valence-electron chi connectivity index (χ1n) is 7.63. The zero-order valence-electron chi connectivity index (χ0n) is 12.6. The number of rotatable bonds is 6. The van der Waals surface area contributed by atoms with Crippen LogP contribution >= 0.6 is 34.5 Å². The molecule has 0 aliphatic carbocycles. The molecule has 2 N–H and O–H groups in total. The molecular formula is C17H18Cl2N2OS. The summed E-state index contributed by atoms with van der Waals surface area (Å²) >= 11 is 13.4. The Morgan fingerprint density at radius 1 is 1.22 bits per heavy atom. The van der Waals surface area contributed by atoms with E-state index in [1.54, 1.807) is 0 Å². The molecule has 3 rings (SSSR count). The molecule has 3 nitrogen and oxygen atoms in total. The van der Waals surface area contributed by atoms with Crippen LogP contribution in [-0.2, 0) is 30.8 Å². The van der Waals surface area contributed by atoms with Crippen LogP contribution in [0.3, 0.4) is 0 Å². The summed E-state index contributed by atoms with van der Waals surface area (Å²) in [5.41, 5.74) is 4.86. The monoisotopic (exact) mass is 368 g/mol. The predicted molar refractivity (Wildman–Crippen MR) is 96.1 cm³/mol. The minimum absolute atomic E-state index is 0.0704. The zero-order chi connectivity index (χ0) is 16.2. The number of carbonyl (C=O) groups is 1. The van der Waals surface area contributed by atoms with Crippen molar-refractivity contribution < 1.29 is 4.79 Å². The lowest BCUT2D eigenvalue weighted by molar-refractivity contribution is -0.121. The summed E-state index contributed by atoms with van der Waals surface area (Å²) in [5.74, 6) is 0.0704. The molecule has 6 heteroatoms. The number of amides is 1. The number of aryl methyl sites for hydroxylation is 1. The van der Waals surface area contributed by atoms with Gasteiger partial charge in [0.15, 0.2) is 0 Å². The fourth-order valence-corrected chi connectivity index (χ4v) is 4.28. The van der Waals surface area contributed by atoms with Gasteiger partial charge in [0.25, 0.3) is 0 Å². The van der Waals surface area contributed by atoms with Gasteiger partial charge in [-0.25, -0.2) is 0 Å². The molecule has 0 atom stereocenters. The number of benzene rings is 1. The standard InChI is InChI=1S/C17H18Cl2N2OS/c18-15-7-12(17(19)23-15)2-1-3-16(22)21-8-11-4-5-13-9-20-10-14(13)6-11/h4-7,20H,1-3,8-10H2,(H,21,22). The molecule has 0 spiro atoms. The number of carbonyl (C=O) groups excluding carboxylic acids is 1. The Bertz CT molecular complexity index is 715. The minimum Gasteiger partial charge on any atom is -0.352 e. The van der Waals surface area contributed by atoms with Gasteiger partial charge in [-0.05, 0) is 41.2 Å². The van der Waals surface area contributed by atoms with Crippen molar-refractivity contribution in [2.45, 2.75) is 38.9 Å². The van der Waals surface area contributed by atoms with Gasteiger partial charge >= 0.3 is 0 Å². The molecule has 1 aliphatic rings. The van der Waals surface area contributed by atoms with Crippen LogP contribution in [0.4, 0.5) is 0 Å². The van der Waals surface area contributed by atoms with Crippen LogP contribution in [0.1, 0.15) is 35.1 Å². The van der Waals surface area contributed by atoms with Crippen molar-refractivity contribution in [3.05, 3.63) is 55.2 Å². The van der Waals surface area contributed by atoms with E-state index >= 15 is 0 Å². The maximum Gasteiger partial charge on any atom is 0.220 e. The number of hydrogen-bond acceptors (Lipinski definition) is 3. The summed E-state index contributed by atoms with van der Waals surface area (Å²) in [4.78, 5) is 12.0. The summed E-state index contributed by atoms with van der Waals surface area (Å²) in [6, 6.07) is 8.27. The third-order valence-corrected chi connectivity index (χ3v) is 5.54. The van der Waals surface area contributed by atoms with E-state index in [0.717, 1.165) is 41.4 Å². The fraction of sp³-hybridized carbons (Fsp3) is 0.353. The molecule has 1 amide bonds.